The van der Waals surface area contributed by atoms with Gasteiger partial charge in [-0.1, -0.05) is 32.0 Å². The Kier molecular flexibility index (Phi) is 2.82. The molecule has 3 N–H and O–H groups in total. The van der Waals surface area contributed by atoms with Gasteiger partial charge >= 0.3 is 0 Å². The van der Waals surface area contributed by atoms with Gasteiger partial charge in [-0.2, -0.15) is 0 Å². The van der Waals surface area contributed by atoms with Crippen LogP contribution in [-0.2, 0) is 0 Å². The molecule has 0 unspecified atom stereocenters. The Bertz CT molecular complexity index is 797. The van der Waals surface area contributed by atoms with Gasteiger partial charge in [0, 0.05) is 5.39 Å². The number of fused-ring (bicyclic) bond motifs is 1. The molecule has 0 bridgehead atoms. The number of nitrogens with zero attached hydrogens (tertiary/aromatic N) is 1. The van der Waals surface area contributed by atoms with Crippen molar-refractivity contribution < 1.29 is 4.42 Å². The van der Waals surface area contributed by atoms with Crippen molar-refractivity contribution in [2.24, 2.45) is 0 Å². The minimum atomic E-state index is -0.219. The molecular formula is C15H15N3O2. The molecule has 102 valence electrons. The highest BCUT2D eigenvalue weighted by Crippen LogP contribution is 2.26. The Morgan fingerprint density at radius 3 is 2.70 bits per heavy atom. The summed E-state index contributed by atoms with van der Waals surface area (Å²) in [4.78, 5) is 19.1. The van der Waals surface area contributed by atoms with E-state index in [0.717, 1.165) is 11.0 Å². The number of benzene rings is 1. The highest BCUT2D eigenvalue weighted by atomic mass is 16.3. The fourth-order valence-corrected chi connectivity index (χ4v) is 2.27. The van der Waals surface area contributed by atoms with Crippen LogP contribution in [0.3, 0.4) is 0 Å². The number of nitrogens with one attached hydrogen (secondary N) is 1. The second-order valence-corrected chi connectivity index (χ2v) is 5.02. The number of furan rings is 1. The molecular weight excluding hydrogens is 254 g/mol. The van der Waals surface area contributed by atoms with E-state index >= 15 is 0 Å². The summed E-state index contributed by atoms with van der Waals surface area (Å²) in [7, 11) is 0. The number of nitrogens with two attached hydrogens (primary N) is 1. The maximum absolute atomic E-state index is 12.1. The molecule has 1 aromatic carbocycles. The zero-order valence-corrected chi connectivity index (χ0v) is 11.3. The van der Waals surface area contributed by atoms with E-state index < -0.39 is 0 Å². The average Bonchev–Trinajstić information content (AvgIpc) is 2.81. The van der Waals surface area contributed by atoms with Gasteiger partial charge in [0.15, 0.2) is 11.6 Å². The highest BCUT2D eigenvalue weighted by Gasteiger charge is 2.15. The van der Waals surface area contributed by atoms with Gasteiger partial charge in [0.2, 0.25) is 0 Å². The highest BCUT2D eigenvalue weighted by molar-refractivity contribution is 5.81. The number of H-pyrrole nitrogens is 1. The summed E-state index contributed by atoms with van der Waals surface area (Å²) in [6, 6.07) is 9.45. The van der Waals surface area contributed by atoms with E-state index in [2.05, 4.69) is 9.97 Å². The van der Waals surface area contributed by atoms with Crippen molar-refractivity contribution in [3.8, 4) is 11.6 Å². The Morgan fingerprint density at radius 1 is 1.30 bits per heavy atom. The predicted octanol–water partition coefficient (Wildman–Crippen LogP) is 2.89. The number of hydrogen-bond acceptors (Lipinski definition) is 4. The van der Waals surface area contributed by atoms with Crippen LogP contribution in [0, 0.1) is 0 Å². The van der Waals surface area contributed by atoms with Crippen LogP contribution in [0.1, 0.15) is 25.3 Å². The van der Waals surface area contributed by atoms with Crippen LogP contribution < -0.4 is 11.3 Å². The first kappa shape index (κ1) is 12.5. The largest absolute Gasteiger partial charge is 0.453 e. The lowest BCUT2D eigenvalue weighted by Crippen LogP contribution is -2.19. The van der Waals surface area contributed by atoms with Crippen molar-refractivity contribution in [1.29, 1.82) is 0 Å². The van der Waals surface area contributed by atoms with Gasteiger partial charge in [0.05, 0.1) is 5.56 Å². The number of nitrogen functional groups attached to an aromatic ring is 1. The predicted molar refractivity (Wildman–Crippen MR) is 78.6 cm³/mol. The third kappa shape index (κ3) is 1.97. The Labute approximate surface area is 115 Å². The molecule has 20 heavy (non-hydrogen) atoms. The molecule has 0 radical (unpaired) electrons. The molecule has 3 rings (SSSR count). The van der Waals surface area contributed by atoms with Gasteiger partial charge in [-0.15, -0.1) is 0 Å². The molecule has 3 aromatic rings. The van der Waals surface area contributed by atoms with Crippen molar-refractivity contribution in [1.82, 2.24) is 9.97 Å². The summed E-state index contributed by atoms with van der Waals surface area (Å²) in [5.74, 6) is 1.13. The molecule has 2 aromatic heterocycles. The maximum Gasteiger partial charge on any atom is 0.256 e. The maximum atomic E-state index is 12.1. The van der Waals surface area contributed by atoms with Crippen LogP contribution in [0.5, 0.6) is 0 Å². The van der Waals surface area contributed by atoms with Crippen LogP contribution in [0.25, 0.3) is 22.6 Å². The first-order chi connectivity index (χ1) is 9.56. The molecule has 0 spiro atoms. The molecule has 0 aliphatic carbocycles. The monoisotopic (exact) mass is 269 g/mol. The summed E-state index contributed by atoms with van der Waals surface area (Å²) in [5, 5.41) is 0.955. The van der Waals surface area contributed by atoms with Crippen molar-refractivity contribution >= 4 is 16.8 Å². The zero-order chi connectivity index (χ0) is 14.3. The number of anilines is 1. The van der Waals surface area contributed by atoms with Crippen molar-refractivity contribution in [3.63, 3.8) is 0 Å². The van der Waals surface area contributed by atoms with Gasteiger partial charge in [-0.25, -0.2) is 4.98 Å². The number of aromatic amines is 1. The third-order valence-electron chi connectivity index (χ3n) is 3.22. The molecule has 0 aliphatic heterocycles. The van der Waals surface area contributed by atoms with E-state index in [0.29, 0.717) is 17.1 Å². The average molecular weight is 269 g/mol. The molecule has 5 nitrogen and oxygen atoms in total. The number of para-hydroxylation sites is 1. The SMILES string of the molecule is CC(C)c1c(N)nc(-c2cc3ccccc3o2)[nH]c1=O. The van der Waals surface area contributed by atoms with Crippen LogP contribution in [0.15, 0.2) is 39.5 Å². The van der Waals surface area contributed by atoms with E-state index in [1.54, 1.807) is 0 Å². The Morgan fingerprint density at radius 2 is 2.05 bits per heavy atom. The van der Waals surface area contributed by atoms with Crippen molar-refractivity contribution in [2.75, 3.05) is 5.73 Å². The first-order valence-electron chi connectivity index (χ1n) is 6.45. The standard InChI is InChI=1S/C15H15N3O2/c1-8(2)12-13(16)17-14(18-15(12)19)11-7-9-5-3-4-6-10(9)20-11/h3-8H,1-2H3,(H3,16,17,18,19). The molecule has 0 atom stereocenters. The molecule has 0 saturated carbocycles. The van der Waals surface area contributed by atoms with Gasteiger partial charge in [-0.05, 0) is 18.1 Å². The normalized spacial score (nSPS) is 11.3. The first-order valence-corrected chi connectivity index (χ1v) is 6.45. The summed E-state index contributed by atoms with van der Waals surface area (Å²) in [6.45, 7) is 3.81. The molecule has 0 amide bonds. The van der Waals surface area contributed by atoms with E-state index in [4.69, 9.17) is 10.2 Å². The molecule has 0 fully saturated rings. The van der Waals surface area contributed by atoms with Crippen LogP contribution >= 0.6 is 0 Å². The lowest BCUT2D eigenvalue weighted by Gasteiger charge is -2.07. The quantitative estimate of drug-likeness (QED) is 0.749. The minimum absolute atomic E-state index is 0.0240. The smallest absolute Gasteiger partial charge is 0.256 e. The minimum Gasteiger partial charge on any atom is -0.453 e. The van der Waals surface area contributed by atoms with E-state index in [-0.39, 0.29) is 17.3 Å². The number of aromatic nitrogens is 2. The Hall–Kier alpha value is -2.56. The second-order valence-electron chi connectivity index (χ2n) is 5.02. The molecule has 5 heteroatoms. The molecule has 0 aliphatic rings. The lowest BCUT2D eigenvalue weighted by atomic mass is 10.1. The summed E-state index contributed by atoms with van der Waals surface area (Å²) < 4.78 is 5.68. The van der Waals surface area contributed by atoms with Crippen molar-refractivity contribution in [3.05, 3.63) is 46.2 Å². The van der Waals surface area contributed by atoms with Gasteiger partial charge in [0.1, 0.15) is 11.4 Å². The lowest BCUT2D eigenvalue weighted by molar-refractivity contribution is 0.624. The fraction of sp³-hybridized carbons (Fsp3) is 0.200. The number of hydrogen-bond donors (Lipinski definition) is 2. The van der Waals surface area contributed by atoms with E-state index in [9.17, 15) is 4.79 Å². The van der Waals surface area contributed by atoms with Gasteiger partial charge in [-0.3, -0.25) is 4.79 Å². The topological polar surface area (TPSA) is 84.9 Å². The number of rotatable bonds is 2. The van der Waals surface area contributed by atoms with Crippen LogP contribution in [0.4, 0.5) is 5.82 Å². The summed E-state index contributed by atoms with van der Waals surface area (Å²) in [5.41, 5.74) is 6.91. The molecule has 2 heterocycles. The zero-order valence-electron chi connectivity index (χ0n) is 11.3. The van der Waals surface area contributed by atoms with Crippen LogP contribution in [-0.4, -0.2) is 9.97 Å². The summed E-state index contributed by atoms with van der Waals surface area (Å²) >= 11 is 0. The van der Waals surface area contributed by atoms with Gasteiger partial charge in [0.25, 0.3) is 5.56 Å². The fourth-order valence-electron chi connectivity index (χ4n) is 2.27. The Balaban J connectivity index is 2.17. The van der Waals surface area contributed by atoms with E-state index in [1.807, 2.05) is 44.2 Å². The molecule has 0 saturated heterocycles. The third-order valence-corrected chi connectivity index (χ3v) is 3.22. The second kappa shape index (κ2) is 4.52. The van der Waals surface area contributed by atoms with Crippen molar-refractivity contribution in [2.45, 2.75) is 19.8 Å². The van der Waals surface area contributed by atoms with Crippen LogP contribution in [0.2, 0.25) is 0 Å². The van der Waals surface area contributed by atoms with Gasteiger partial charge < -0.3 is 15.1 Å². The summed E-state index contributed by atoms with van der Waals surface area (Å²) in [6.07, 6.45) is 0. The van der Waals surface area contributed by atoms with E-state index in [1.165, 1.54) is 0 Å².